The van der Waals surface area contributed by atoms with Gasteiger partial charge in [0.2, 0.25) is 0 Å². The Hall–Kier alpha value is 0.960. The summed E-state index contributed by atoms with van der Waals surface area (Å²) in [6.45, 7) is 8.01. The van der Waals surface area contributed by atoms with Gasteiger partial charge in [0, 0.05) is 6.16 Å². The standard InChI is InChI=1S/C6H15OPS2/c1-5-8(9,10)7-6(2,3)4/h5H2,1-4H3,(H,9,10). The van der Waals surface area contributed by atoms with Gasteiger partial charge in [0.15, 0.2) is 0 Å². The molecule has 0 aromatic heterocycles. The number of rotatable bonds is 2. The molecule has 0 bridgehead atoms. The van der Waals surface area contributed by atoms with Gasteiger partial charge in [-0.1, -0.05) is 18.7 Å². The van der Waals surface area contributed by atoms with Crippen molar-refractivity contribution in [2.24, 2.45) is 0 Å². The van der Waals surface area contributed by atoms with Crippen LogP contribution in [-0.4, -0.2) is 11.8 Å². The van der Waals surface area contributed by atoms with Gasteiger partial charge in [-0.25, -0.2) is 0 Å². The van der Waals surface area contributed by atoms with E-state index in [1.165, 1.54) is 0 Å². The van der Waals surface area contributed by atoms with Gasteiger partial charge < -0.3 is 4.52 Å². The topological polar surface area (TPSA) is 9.23 Å². The molecular weight excluding hydrogens is 183 g/mol. The van der Waals surface area contributed by atoms with Crippen molar-refractivity contribution in [2.75, 3.05) is 6.16 Å². The molecule has 62 valence electrons. The minimum absolute atomic E-state index is 0.146. The lowest BCUT2D eigenvalue weighted by Crippen LogP contribution is -2.16. The first kappa shape index (κ1) is 11.0. The Morgan fingerprint density at radius 3 is 2.00 bits per heavy atom. The van der Waals surface area contributed by atoms with Crippen molar-refractivity contribution in [2.45, 2.75) is 33.3 Å². The lowest BCUT2D eigenvalue weighted by Gasteiger charge is -2.25. The highest BCUT2D eigenvalue weighted by Gasteiger charge is 2.19. The van der Waals surface area contributed by atoms with E-state index in [4.69, 9.17) is 16.3 Å². The first-order valence-corrected chi connectivity index (χ1v) is 7.35. The minimum atomic E-state index is -1.77. The number of hydrogen-bond acceptors (Lipinski definition) is 2. The normalized spacial score (nSPS) is 18.5. The molecule has 0 heterocycles. The molecule has 4 heteroatoms. The fourth-order valence-corrected chi connectivity index (χ4v) is 2.88. The minimum Gasteiger partial charge on any atom is -0.336 e. The quantitative estimate of drug-likeness (QED) is 0.539. The molecule has 0 rings (SSSR count). The van der Waals surface area contributed by atoms with E-state index in [-0.39, 0.29) is 5.60 Å². The van der Waals surface area contributed by atoms with Crippen LogP contribution in [0, 0.1) is 0 Å². The van der Waals surface area contributed by atoms with Crippen LogP contribution in [0.1, 0.15) is 27.7 Å². The van der Waals surface area contributed by atoms with Crippen LogP contribution in [0.2, 0.25) is 0 Å². The molecular formula is C6H15OPS2. The second-order valence-electron chi connectivity index (χ2n) is 3.16. The molecule has 0 spiro atoms. The summed E-state index contributed by atoms with van der Waals surface area (Å²) < 4.78 is 5.56. The summed E-state index contributed by atoms with van der Waals surface area (Å²) in [4.78, 5) is 0. The molecule has 1 atom stereocenters. The Morgan fingerprint density at radius 1 is 1.50 bits per heavy atom. The van der Waals surface area contributed by atoms with Crippen molar-refractivity contribution in [1.82, 2.24) is 0 Å². The lowest BCUT2D eigenvalue weighted by atomic mass is 10.2. The molecule has 10 heavy (non-hydrogen) atoms. The molecule has 0 fully saturated rings. The molecule has 1 nitrogen and oxygen atoms in total. The van der Waals surface area contributed by atoms with Crippen LogP contribution in [0.3, 0.4) is 0 Å². The zero-order valence-corrected chi connectivity index (χ0v) is 9.52. The third kappa shape index (κ3) is 5.72. The van der Waals surface area contributed by atoms with Crippen LogP contribution in [0.15, 0.2) is 0 Å². The maximum Gasteiger partial charge on any atom is 0.117 e. The van der Waals surface area contributed by atoms with Gasteiger partial charge >= 0.3 is 0 Å². The molecule has 0 N–H and O–H groups in total. The van der Waals surface area contributed by atoms with E-state index in [9.17, 15) is 0 Å². The molecule has 0 amide bonds. The van der Waals surface area contributed by atoms with Crippen LogP contribution in [-0.2, 0) is 16.3 Å². The highest BCUT2D eigenvalue weighted by atomic mass is 32.9. The monoisotopic (exact) mass is 198 g/mol. The van der Waals surface area contributed by atoms with Crippen molar-refractivity contribution < 1.29 is 4.52 Å². The van der Waals surface area contributed by atoms with Gasteiger partial charge in [0.1, 0.15) is 5.47 Å². The third-order valence-electron chi connectivity index (χ3n) is 0.816. The average Bonchev–Trinajstić information content (AvgIpc) is 1.60. The first-order valence-electron chi connectivity index (χ1n) is 3.29. The van der Waals surface area contributed by atoms with E-state index in [0.29, 0.717) is 0 Å². The summed E-state index contributed by atoms with van der Waals surface area (Å²) >= 11 is 9.43. The SMILES string of the molecule is CCP(=S)(S)OC(C)(C)C. The summed E-state index contributed by atoms with van der Waals surface area (Å²) in [5.41, 5.74) is -1.91. The van der Waals surface area contributed by atoms with Crippen LogP contribution in [0.4, 0.5) is 0 Å². The Morgan fingerprint density at radius 2 is 1.90 bits per heavy atom. The van der Waals surface area contributed by atoms with E-state index in [1.807, 2.05) is 27.7 Å². The molecule has 0 aliphatic carbocycles. The van der Waals surface area contributed by atoms with E-state index >= 15 is 0 Å². The third-order valence-corrected chi connectivity index (χ3v) is 4.54. The van der Waals surface area contributed by atoms with Gasteiger partial charge in [0.05, 0.1) is 5.60 Å². The Balaban J connectivity index is 4.03. The summed E-state index contributed by atoms with van der Waals surface area (Å²) in [6, 6.07) is 0. The highest BCUT2D eigenvalue weighted by molar-refractivity contribution is 8.61. The average molecular weight is 198 g/mol. The van der Waals surface area contributed by atoms with E-state index in [2.05, 4.69) is 12.2 Å². The Labute approximate surface area is 73.8 Å². The second kappa shape index (κ2) is 3.57. The van der Waals surface area contributed by atoms with Crippen LogP contribution in [0.5, 0.6) is 0 Å². The molecule has 1 unspecified atom stereocenters. The van der Waals surface area contributed by atoms with Crippen molar-refractivity contribution in [3.05, 3.63) is 0 Å². The van der Waals surface area contributed by atoms with Crippen molar-refractivity contribution in [3.63, 3.8) is 0 Å². The molecule has 0 aliphatic rings. The maximum atomic E-state index is 5.56. The van der Waals surface area contributed by atoms with E-state index in [0.717, 1.165) is 6.16 Å². The van der Waals surface area contributed by atoms with Gasteiger partial charge in [-0.3, -0.25) is 0 Å². The van der Waals surface area contributed by atoms with Crippen LogP contribution >= 0.6 is 17.7 Å². The Bertz CT molecular complexity index is 150. The molecule has 0 radical (unpaired) electrons. The number of thiol groups is 1. The zero-order chi connectivity index (χ0) is 8.41. The predicted octanol–water partition coefficient (Wildman–Crippen LogP) is 3.06. The van der Waals surface area contributed by atoms with Gasteiger partial charge in [0.25, 0.3) is 0 Å². The lowest BCUT2D eigenvalue weighted by molar-refractivity contribution is 0.154. The molecule has 0 saturated heterocycles. The van der Waals surface area contributed by atoms with E-state index < -0.39 is 5.47 Å². The second-order valence-corrected chi connectivity index (χ2v) is 9.77. The van der Waals surface area contributed by atoms with Crippen LogP contribution in [0.25, 0.3) is 0 Å². The van der Waals surface area contributed by atoms with Crippen molar-refractivity contribution >= 4 is 29.5 Å². The van der Waals surface area contributed by atoms with Crippen molar-refractivity contribution in [3.8, 4) is 0 Å². The fourth-order valence-electron chi connectivity index (χ4n) is 0.492. The summed E-state index contributed by atoms with van der Waals surface area (Å²) in [6.07, 6.45) is 0.850. The molecule has 0 aliphatic heterocycles. The predicted molar refractivity (Wildman–Crippen MR) is 54.7 cm³/mol. The molecule has 0 aromatic rings. The van der Waals surface area contributed by atoms with Gasteiger partial charge in [-0.05, 0) is 20.8 Å². The van der Waals surface area contributed by atoms with Crippen LogP contribution < -0.4 is 0 Å². The van der Waals surface area contributed by atoms with E-state index in [1.54, 1.807) is 0 Å². The fraction of sp³-hybridized carbons (Fsp3) is 1.00. The Kier molecular flexibility index (Phi) is 3.92. The molecule has 0 saturated carbocycles. The maximum absolute atomic E-state index is 5.56. The summed E-state index contributed by atoms with van der Waals surface area (Å²) in [5, 5.41) is 0. The van der Waals surface area contributed by atoms with Crippen molar-refractivity contribution in [1.29, 1.82) is 0 Å². The smallest absolute Gasteiger partial charge is 0.117 e. The van der Waals surface area contributed by atoms with Gasteiger partial charge in [-0.2, -0.15) is 0 Å². The number of hydrogen-bond donors (Lipinski definition) is 1. The first-order chi connectivity index (χ1) is 4.27. The summed E-state index contributed by atoms with van der Waals surface area (Å²) in [7, 11) is 0. The largest absolute Gasteiger partial charge is 0.336 e. The highest BCUT2D eigenvalue weighted by Crippen LogP contribution is 2.54. The molecule has 0 aromatic carbocycles. The van der Waals surface area contributed by atoms with Gasteiger partial charge in [-0.15, -0.1) is 12.2 Å². The summed E-state index contributed by atoms with van der Waals surface area (Å²) in [5.74, 6) is 0. The zero-order valence-electron chi connectivity index (χ0n) is 6.92.